The topological polar surface area (TPSA) is 26.3 Å². The van der Waals surface area contributed by atoms with Gasteiger partial charge in [-0.05, 0) is 44.2 Å². The Morgan fingerprint density at radius 1 is 1.11 bits per heavy atom. The fourth-order valence-corrected chi connectivity index (χ4v) is 3.37. The van der Waals surface area contributed by atoms with Crippen molar-refractivity contribution in [1.29, 1.82) is 0 Å². The molecule has 0 fully saturated rings. The van der Waals surface area contributed by atoms with Crippen LogP contribution in [0.25, 0.3) is 0 Å². The summed E-state index contributed by atoms with van der Waals surface area (Å²) < 4.78 is 5.35. The van der Waals surface area contributed by atoms with Crippen LogP contribution < -0.4 is 4.74 Å². The second-order valence-corrected chi connectivity index (χ2v) is 5.47. The number of ketones is 1. The van der Waals surface area contributed by atoms with Gasteiger partial charge in [0, 0.05) is 5.92 Å². The lowest BCUT2D eigenvalue weighted by molar-refractivity contribution is 0.0915. The lowest BCUT2D eigenvalue weighted by atomic mass is 9.77. The molecule has 3 rings (SSSR count). The van der Waals surface area contributed by atoms with Crippen LogP contribution in [-0.2, 0) is 0 Å². The van der Waals surface area contributed by atoms with Crippen LogP contribution in [0.3, 0.4) is 0 Å². The number of carbonyl (C=O) groups is 1. The van der Waals surface area contributed by atoms with Crippen molar-refractivity contribution in [3.63, 3.8) is 0 Å². The van der Waals surface area contributed by atoms with E-state index < -0.39 is 0 Å². The van der Waals surface area contributed by atoms with Gasteiger partial charge in [-0.3, -0.25) is 4.79 Å². The molecule has 2 nitrogen and oxygen atoms in total. The third-order valence-electron chi connectivity index (χ3n) is 4.53. The van der Waals surface area contributed by atoms with E-state index >= 15 is 0 Å². The molecular weight excluding hydrogens is 224 g/mol. The highest BCUT2D eigenvalue weighted by Crippen LogP contribution is 2.50. The molecule has 0 unspecified atom stereocenters. The number of Topliss-reactive ketones (excluding diaryl/α,β-unsaturated/α-hetero) is 1. The van der Waals surface area contributed by atoms with E-state index in [1.165, 1.54) is 16.7 Å². The minimum atomic E-state index is 0.139. The van der Waals surface area contributed by atoms with E-state index in [1.807, 2.05) is 12.1 Å². The predicted molar refractivity (Wildman–Crippen MR) is 71.2 cm³/mol. The molecule has 2 aliphatic rings. The number of hydrogen-bond donors (Lipinski definition) is 0. The molecule has 18 heavy (non-hydrogen) atoms. The highest BCUT2D eigenvalue weighted by Gasteiger charge is 2.43. The molecule has 0 spiro atoms. The Morgan fingerprint density at radius 3 is 2.44 bits per heavy atom. The summed E-state index contributed by atoms with van der Waals surface area (Å²) in [6.45, 7) is 4.34. The average molecular weight is 242 g/mol. The summed E-state index contributed by atoms with van der Waals surface area (Å²) in [7, 11) is 1.64. The van der Waals surface area contributed by atoms with Crippen molar-refractivity contribution in [3.05, 3.63) is 40.5 Å². The third kappa shape index (κ3) is 1.45. The van der Waals surface area contributed by atoms with E-state index in [0.29, 0.717) is 5.92 Å². The van der Waals surface area contributed by atoms with Gasteiger partial charge in [0.1, 0.15) is 5.75 Å². The highest BCUT2D eigenvalue weighted by molar-refractivity contribution is 6.05. The molecule has 0 saturated carbocycles. The minimum absolute atomic E-state index is 0.139. The molecular formula is C16H18O2. The Kier molecular flexibility index (Phi) is 2.54. The van der Waals surface area contributed by atoms with Gasteiger partial charge in [0.15, 0.2) is 5.78 Å². The monoisotopic (exact) mass is 242 g/mol. The molecule has 2 atom stereocenters. The summed E-state index contributed by atoms with van der Waals surface area (Å²) in [5, 5.41) is 0. The minimum Gasteiger partial charge on any atom is -0.496 e. The lowest BCUT2D eigenvalue weighted by Gasteiger charge is -2.26. The smallest absolute Gasteiger partial charge is 0.170 e. The Balaban J connectivity index is 2.12. The van der Waals surface area contributed by atoms with E-state index in [-0.39, 0.29) is 11.7 Å². The summed E-state index contributed by atoms with van der Waals surface area (Å²) in [4.78, 5) is 12.6. The maximum absolute atomic E-state index is 12.6. The van der Waals surface area contributed by atoms with Crippen LogP contribution in [0.5, 0.6) is 5.75 Å². The van der Waals surface area contributed by atoms with Gasteiger partial charge in [-0.25, -0.2) is 0 Å². The van der Waals surface area contributed by atoms with Crippen LogP contribution in [-0.4, -0.2) is 12.9 Å². The largest absolute Gasteiger partial charge is 0.496 e. The molecule has 0 saturated heterocycles. The maximum atomic E-state index is 12.6. The molecule has 0 N–H and O–H groups in total. The molecule has 0 amide bonds. The van der Waals surface area contributed by atoms with E-state index in [1.54, 1.807) is 7.11 Å². The normalized spacial score (nSPS) is 26.1. The van der Waals surface area contributed by atoms with Crippen molar-refractivity contribution in [1.82, 2.24) is 0 Å². The van der Waals surface area contributed by atoms with Crippen LogP contribution in [0.4, 0.5) is 0 Å². The molecule has 0 radical (unpaired) electrons. The lowest BCUT2D eigenvalue weighted by Crippen LogP contribution is -2.19. The van der Waals surface area contributed by atoms with Crippen molar-refractivity contribution in [2.75, 3.05) is 7.11 Å². The SMILES string of the molecule is COc1cccc2c1C(=O)[C@H]1CC(C)=C(C)C[C@@H]21. The summed E-state index contributed by atoms with van der Waals surface area (Å²) in [5.41, 5.74) is 4.85. The van der Waals surface area contributed by atoms with Gasteiger partial charge in [-0.2, -0.15) is 0 Å². The first-order chi connectivity index (χ1) is 8.63. The van der Waals surface area contributed by atoms with Gasteiger partial charge in [0.25, 0.3) is 0 Å². The van der Waals surface area contributed by atoms with E-state index in [0.717, 1.165) is 24.2 Å². The van der Waals surface area contributed by atoms with Crippen molar-refractivity contribution in [2.24, 2.45) is 5.92 Å². The summed E-state index contributed by atoms with van der Waals surface area (Å²) >= 11 is 0. The summed E-state index contributed by atoms with van der Waals surface area (Å²) in [5.74, 6) is 1.52. The first kappa shape index (κ1) is 11.5. The van der Waals surface area contributed by atoms with Crippen LogP contribution >= 0.6 is 0 Å². The number of carbonyl (C=O) groups excluding carboxylic acids is 1. The standard InChI is InChI=1S/C16H18O2/c1-9-7-12-11-5-4-6-14(18-3)15(11)16(17)13(12)8-10(9)2/h4-6,12-13H,7-8H2,1-3H3/t12-,13-/m0/s1. The predicted octanol–water partition coefficient (Wildman–Crippen LogP) is 3.72. The van der Waals surface area contributed by atoms with E-state index in [4.69, 9.17) is 4.74 Å². The van der Waals surface area contributed by atoms with Gasteiger partial charge in [-0.1, -0.05) is 23.3 Å². The number of methoxy groups -OCH3 is 1. The van der Waals surface area contributed by atoms with Gasteiger partial charge < -0.3 is 4.74 Å². The molecule has 0 bridgehead atoms. The molecule has 94 valence electrons. The molecule has 1 aromatic carbocycles. The van der Waals surface area contributed by atoms with Gasteiger partial charge in [0.2, 0.25) is 0 Å². The number of benzene rings is 1. The Bertz CT molecular complexity index is 554. The average Bonchev–Trinajstić information content (AvgIpc) is 2.64. The Hall–Kier alpha value is -1.57. The first-order valence-corrected chi connectivity index (χ1v) is 6.49. The first-order valence-electron chi connectivity index (χ1n) is 6.49. The van der Waals surface area contributed by atoms with Crippen molar-refractivity contribution < 1.29 is 9.53 Å². The summed E-state index contributed by atoms with van der Waals surface area (Å²) in [6.07, 6.45) is 1.93. The molecule has 0 heterocycles. The fourth-order valence-electron chi connectivity index (χ4n) is 3.37. The molecule has 1 aromatic rings. The molecule has 0 aromatic heterocycles. The zero-order valence-electron chi connectivity index (χ0n) is 11.1. The zero-order valence-corrected chi connectivity index (χ0v) is 11.1. The second kappa shape index (κ2) is 3.98. The third-order valence-corrected chi connectivity index (χ3v) is 4.53. The Labute approximate surface area is 108 Å². The van der Waals surface area contributed by atoms with Crippen molar-refractivity contribution in [3.8, 4) is 5.75 Å². The van der Waals surface area contributed by atoms with E-state index in [2.05, 4.69) is 19.9 Å². The highest BCUT2D eigenvalue weighted by atomic mass is 16.5. The van der Waals surface area contributed by atoms with Gasteiger partial charge >= 0.3 is 0 Å². The van der Waals surface area contributed by atoms with Crippen LogP contribution in [0.1, 0.15) is 48.5 Å². The number of allylic oxidation sites excluding steroid dienone is 2. The van der Waals surface area contributed by atoms with Gasteiger partial charge in [0.05, 0.1) is 12.7 Å². The molecule has 2 heteroatoms. The van der Waals surface area contributed by atoms with E-state index in [9.17, 15) is 4.79 Å². The second-order valence-electron chi connectivity index (χ2n) is 5.47. The number of rotatable bonds is 1. The molecule has 0 aliphatic heterocycles. The number of hydrogen-bond acceptors (Lipinski definition) is 2. The maximum Gasteiger partial charge on any atom is 0.170 e. The number of ether oxygens (including phenoxy) is 1. The van der Waals surface area contributed by atoms with Gasteiger partial charge in [-0.15, -0.1) is 0 Å². The van der Waals surface area contributed by atoms with Crippen LogP contribution in [0.15, 0.2) is 29.3 Å². The number of fused-ring (bicyclic) bond motifs is 3. The van der Waals surface area contributed by atoms with Crippen molar-refractivity contribution in [2.45, 2.75) is 32.6 Å². The van der Waals surface area contributed by atoms with Crippen LogP contribution in [0.2, 0.25) is 0 Å². The van der Waals surface area contributed by atoms with Crippen molar-refractivity contribution >= 4 is 5.78 Å². The summed E-state index contributed by atoms with van der Waals surface area (Å²) in [6, 6.07) is 5.98. The fraction of sp³-hybridized carbons (Fsp3) is 0.438. The van der Waals surface area contributed by atoms with Crippen LogP contribution in [0, 0.1) is 5.92 Å². The quantitative estimate of drug-likeness (QED) is 0.701. The zero-order chi connectivity index (χ0) is 12.9. The molecule has 2 aliphatic carbocycles. The Morgan fingerprint density at radius 2 is 1.78 bits per heavy atom.